The van der Waals surface area contributed by atoms with Gasteiger partial charge >= 0.3 is 0 Å². The van der Waals surface area contributed by atoms with Crippen LogP contribution in [0.4, 0.5) is 4.39 Å². The Hall–Kier alpha value is -3.04. The zero-order valence-electron chi connectivity index (χ0n) is 14.1. The molecule has 0 aliphatic rings. The lowest BCUT2D eigenvalue weighted by Gasteiger charge is -2.08. The smallest absolute Gasteiger partial charge is 0.274 e. The number of nitrogens with two attached hydrogens (primary N) is 1. The maximum absolute atomic E-state index is 13.1. The number of carboxylic acids is 1. The summed E-state index contributed by atoms with van der Waals surface area (Å²) in [5, 5.41) is 32.0. The molecule has 1 aromatic heterocycles. The molecular weight excluding hydrogens is 345 g/mol. The third-order valence-electron chi connectivity index (χ3n) is 3.05. The number of quaternary nitrogens is 1. The summed E-state index contributed by atoms with van der Waals surface area (Å²) in [6.07, 6.45) is 1.28. The molecule has 0 atom stereocenters. The highest BCUT2D eigenvalue weighted by molar-refractivity contribution is 5.96. The fraction of sp³-hybridized carbons (Fsp3) is 0.235. The van der Waals surface area contributed by atoms with Crippen LogP contribution in [-0.2, 0) is 4.79 Å². The average Bonchev–Trinajstić information content (AvgIpc) is 2.61. The van der Waals surface area contributed by atoms with Crippen LogP contribution in [-0.4, -0.2) is 53.8 Å². The van der Waals surface area contributed by atoms with Crippen LogP contribution in [0.5, 0.6) is 5.75 Å². The Balaban J connectivity index is 0.000000597. The molecule has 140 valence electrons. The van der Waals surface area contributed by atoms with Gasteiger partial charge in [-0.3, -0.25) is 4.79 Å². The van der Waals surface area contributed by atoms with Crippen molar-refractivity contribution in [3.05, 3.63) is 48.0 Å². The molecule has 0 bridgehead atoms. The first-order chi connectivity index (χ1) is 12.4. The van der Waals surface area contributed by atoms with Crippen molar-refractivity contribution in [3.8, 4) is 16.9 Å². The third-order valence-corrected chi connectivity index (χ3v) is 3.05. The molecule has 1 heterocycles. The molecule has 0 spiro atoms. The number of aliphatic hydroxyl groups is 1. The summed E-state index contributed by atoms with van der Waals surface area (Å²) in [5.74, 6) is -3.18. The molecule has 0 aliphatic carbocycles. The van der Waals surface area contributed by atoms with Gasteiger partial charge in [-0.15, -0.1) is 0 Å². The second kappa shape index (κ2) is 10.7. The first-order valence-corrected chi connectivity index (χ1v) is 7.70. The predicted octanol–water partition coefficient (Wildman–Crippen LogP) is -1.76. The Morgan fingerprint density at radius 1 is 1.31 bits per heavy atom. The quantitative estimate of drug-likeness (QED) is 0.478. The van der Waals surface area contributed by atoms with E-state index in [1.807, 2.05) is 17.7 Å². The molecule has 2 rings (SSSR count). The maximum Gasteiger partial charge on any atom is 0.274 e. The number of aliphatic hydroxyl groups excluding tert-OH is 1. The topological polar surface area (TPSA) is 139 Å². The lowest BCUT2D eigenvalue weighted by Crippen LogP contribution is -2.80. The van der Waals surface area contributed by atoms with Crippen LogP contribution in [0.15, 0.2) is 36.5 Å². The number of aromatic hydroxyl groups is 1. The van der Waals surface area contributed by atoms with Crippen molar-refractivity contribution in [2.45, 2.75) is 0 Å². The van der Waals surface area contributed by atoms with Crippen molar-refractivity contribution < 1.29 is 34.6 Å². The van der Waals surface area contributed by atoms with Gasteiger partial charge in [0.05, 0.1) is 32.7 Å². The first-order valence-electron chi connectivity index (χ1n) is 7.70. The van der Waals surface area contributed by atoms with Gasteiger partial charge in [-0.2, -0.15) is 0 Å². The van der Waals surface area contributed by atoms with Gasteiger partial charge in [0.15, 0.2) is 5.69 Å². The molecule has 9 heteroatoms. The maximum atomic E-state index is 13.1. The summed E-state index contributed by atoms with van der Waals surface area (Å²) in [4.78, 5) is 25.6. The minimum Gasteiger partial charge on any atom is -0.548 e. The van der Waals surface area contributed by atoms with Crippen LogP contribution in [0, 0.1) is 5.82 Å². The Labute approximate surface area is 149 Å². The van der Waals surface area contributed by atoms with Gasteiger partial charge in [0, 0.05) is 11.8 Å². The number of hydrogen-bond donors (Lipinski definition) is 4. The van der Waals surface area contributed by atoms with Gasteiger partial charge in [0.2, 0.25) is 0 Å². The number of carbonyl (C=O) groups is 2. The Bertz CT molecular complexity index is 753. The number of benzene rings is 1. The Morgan fingerprint density at radius 3 is 2.54 bits per heavy atom. The van der Waals surface area contributed by atoms with E-state index >= 15 is 0 Å². The molecule has 2 aromatic rings. The molecule has 0 unspecified atom stereocenters. The monoisotopic (exact) mass is 365 g/mol. The number of pyridine rings is 1. The molecule has 5 N–H and O–H groups in total. The number of carboxylic acid groups (broad SMARTS) is 1. The fourth-order valence-corrected chi connectivity index (χ4v) is 1.82. The molecule has 8 nitrogen and oxygen atoms in total. The Kier molecular flexibility index (Phi) is 8.68. The minimum atomic E-state index is -1.46. The number of nitrogens with zero attached hydrogens (tertiary/aromatic N) is 1. The molecule has 0 saturated heterocycles. The van der Waals surface area contributed by atoms with Crippen LogP contribution in [0.2, 0.25) is 0 Å². The van der Waals surface area contributed by atoms with Crippen LogP contribution >= 0.6 is 0 Å². The van der Waals surface area contributed by atoms with Crippen LogP contribution in [0.3, 0.4) is 0 Å². The Morgan fingerprint density at radius 2 is 2.04 bits per heavy atom. The van der Waals surface area contributed by atoms with Crippen LogP contribution in [0.25, 0.3) is 11.1 Å². The molecule has 0 radical (unpaired) electrons. The normalized spacial score (nSPS) is 9.81. The number of aliphatic carboxylic acids is 1. The average molecular weight is 365 g/mol. The van der Waals surface area contributed by atoms with Gasteiger partial charge in [-0.1, -0.05) is 12.1 Å². The molecule has 1 amide bonds. The molecule has 26 heavy (non-hydrogen) atoms. The highest BCUT2D eigenvalue weighted by Gasteiger charge is 2.14. The predicted molar refractivity (Wildman–Crippen MR) is 88.4 cm³/mol. The molecular formula is C17H20FN3O5. The van der Waals surface area contributed by atoms with Crippen LogP contribution < -0.4 is 15.7 Å². The second-order valence-corrected chi connectivity index (χ2v) is 5.08. The number of nitrogens with one attached hydrogen (secondary N) is 1. The summed E-state index contributed by atoms with van der Waals surface area (Å²) in [7, 11) is 1.93. The number of rotatable bonds is 6. The van der Waals surface area contributed by atoms with Crippen molar-refractivity contribution in [1.29, 1.82) is 0 Å². The number of halogens is 1. The van der Waals surface area contributed by atoms with Crippen molar-refractivity contribution in [1.82, 2.24) is 10.3 Å². The van der Waals surface area contributed by atoms with Crippen molar-refractivity contribution in [2.75, 3.05) is 26.7 Å². The van der Waals surface area contributed by atoms with Gasteiger partial charge < -0.3 is 30.7 Å². The van der Waals surface area contributed by atoms with Crippen molar-refractivity contribution >= 4 is 11.9 Å². The van der Waals surface area contributed by atoms with Crippen molar-refractivity contribution in [2.24, 2.45) is 0 Å². The SMILES string of the molecule is C[NH2+]CCO.O=C([O-])CNC(=O)c1ncc(-c2cccc(F)c2)cc1O. The highest BCUT2D eigenvalue weighted by Crippen LogP contribution is 2.25. The first kappa shape index (κ1) is 21.0. The number of hydrogen-bond acceptors (Lipinski definition) is 6. The molecule has 0 saturated carbocycles. The standard InChI is InChI=1S/C14H11FN2O4.C3H9NO/c15-10-3-1-2-8(4-10)9-5-11(18)13(16-6-9)14(21)17-7-12(19)20;1-4-2-3-5/h1-6,18H,7H2,(H,17,21)(H,19,20);4-5H,2-3H2,1H3. The van der Waals surface area contributed by atoms with E-state index in [1.54, 1.807) is 6.07 Å². The lowest BCUT2D eigenvalue weighted by molar-refractivity contribution is -0.628. The van der Waals surface area contributed by atoms with Gasteiger partial charge in [0.25, 0.3) is 5.91 Å². The van der Waals surface area contributed by atoms with E-state index in [0.717, 1.165) is 6.54 Å². The fourth-order valence-electron chi connectivity index (χ4n) is 1.82. The highest BCUT2D eigenvalue weighted by atomic mass is 19.1. The summed E-state index contributed by atoms with van der Waals surface area (Å²) in [5.41, 5.74) is 0.583. The molecule has 0 fully saturated rings. The van der Waals surface area contributed by atoms with Gasteiger partial charge in [-0.25, -0.2) is 9.37 Å². The zero-order chi connectivity index (χ0) is 19.5. The van der Waals surface area contributed by atoms with Gasteiger partial charge in [-0.05, 0) is 23.8 Å². The molecule has 1 aromatic carbocycles. The molecule has 0 aliphatic heterocycles. The van der Waals surface area contributed by atoms with E-state index in [9.17, 15) is 24.2 Å². The summed E-state index contributed by atoms with van der Waals surface area (Å²) in [6.45, 7) is 0.419. The summed E-state index contributed by atoms with van der Waals surface area (Å²) >= 11 is 0. The number of aromatic nitrogens is 1. The van der Waals surface area contributed by atoms with E-state index < -0.39 is 30.0 Å². The largest absolute Gasteiger partial charge is 0.548 e. The van der Waals surface area contributed by atoms with E-state index in [0.29, 0.717) is 11.1 Å². The van der Waals surface area contributed by atoms with E-state index in [-0.39, 0.29) is 12.3 Å². The van der Waals surface area contributed by atoms with Gasteiger partial charge in [0.1, 0.15) is 11.6 Å². The summed E-state index contributed by atoms with van der Waals surface area (Å²) in [6, 6.07) is 6.90. The number of likely N-dealkylation sites (N-methyl/N-ethyl adjacent to an activating group) is 1. The second-order valence-electron chi connectivity index (χ2n) is 5.08. The zero-order valence-corrected chi connectivity index (χ0v) is 14.1. The number of carbonyl (C=O) groups excluding carboxylic acids is 2. The van der Waals surface area contributed by atoms with Crippen LogP contribution in [0.1, 0.15) is 10.5 Å². The third kappa shape index (κ3) is 6.83. The van der Waals surface area contributed by atoms with E-state index in [2.05, 4.69) is 4.98 Å². The van der Waals surface area contributed by atoms with E-state index in [1.165, 1.54) is 30.5 Å². The lowest BCUT2D eigenvalue weighted by atomic mass is 10.1. The van der Waals surface area contributed by atoms with E-state index in [4.69, 9.17) is 5.11 Å². The minimum absolute atomic E-state index is 0.288. The summed E-state index contributed by atoms with van der Waals surface area (Å²) < 4.78 is 13.1. The number of amides is 1. The van der Waals surface area contributed by atoms with Crippen molar-refractivity contribution in [3.63, 3.8) is 0 Å².